The van der Waals surface area contributed by atoms with Crippen LogP contribution < -0.4 is 37.2 Å². The zero-order chi connectivity index (χ0) is 47.7. The van der Waals surface area contributed by atoms with Crippen molar-refractivity contribution < 1.29 is 33.9 Å². The Morgan fingerprint density at radius 1 is 0.731 bits per heavy atom. The number of nitrogens with zero attached hydrogens (tertiary/aromatic N) is 4. The molecule has 0 spiro atoms. The lowest BCUT2D eigenvalue weighted by molar-refractivity contribution is -0.133. The van der Waals surface area contributed by atoms with Crippen molar-refractivity contribution in [2.75, 3.05) is 82.2 Å². The number of para-hydroxylation sites is 3. The number of nitrogens with one attached hydrogen (secondary N) is 5. The summed E-state index contributed by atoms with van der Waals surface area (Å²) in [5.74, 6) is -1.28. The highest BCUT2D eigenvalue weighted by molar-refractivity contribution is 6.18. The average molecular weight is 923 g/mol. The van der Waals surface area contributed by atoms with E-state index >= 15 is 0 Å². The molecule has 0 radical (unpaired) electrons. The molecule has 0 aliphatic carbocycles. The van der Waals surface area contributed by atoms with Gasteiger partial charge in [-0.05, 0) is 120 Å². The third-order valence-electron chi connectivity index (χ3n) is 13.0. The third-order valence-corrected chi connectivity index (χ3v) is 13.0. The number of likely N-dealkylation sites (tertiary alicyclic amines) is 1. The van der Waals surface area contributed by atoms with E-state index in [2.05, 4.69) is 41.3 Å². The second-order valence-electron chi connectivity index (χ2n) is 18.1. The molecule has 3 aliphatic heterocycles. The van der Waals surface area contributed by atoms with Crippen LogP contribution in [-0.2, 0) is 30.4 Å². The van der Waals surface area contributed by atoms with E-state index in [0.717, 1.165) is 70.6 Å². The number of anilines is 3. The summed E-state index contributed by atoms with van der Waals surface area (Å²) >= 11 is 0. The second kappa shape index (κ2) is 25.3. The van der Waals surface area contributed by atoms with E-state index in [4.69, 9.17) is 5.73 Å². The first-order valence-electron chi connectivity index (χ1n) is 24.0. The highest BCUT2D eigenvalue weighted by atomic mass is 16.3. The number of hydrogen-bond acceptors (Lipinski definition) is 11. The van der Waals surface area contributed by atoms with Crippen LogP contribution in [0.1, 0.15) is 81.1 Å². The maximum absolute atomic E-state index is 13.9. The number of nitrogens with two attached hydrogens (primary N) is 1. The van der Waals surface area contributed by atoms with Crippen LogP contribution in [0, 0.1) is 5.92 Å². The van der Waals surface area contributed by atoms with Gasteiger partial charge in [-0.1, -0.05) is 49.2 Å². The zero-order valence-corrected chi connectivity index (χ0v) is 39.1. The van der Waals surface area contributed by atoms with Gasteiger partial charge in [-0.3, -0.25) is 43.5 Å². The Morgan fingerprint density at radius 3 is 2.10 bits per heavy atom. The van der Waals surface area contributed by atoms with Gasteiger partial charge in [-0.2, -0.15) is 0 Å². The number of phenols is 1. The van der Waals surface area contributed by atoms with Crippen LogP contribution in [0.25, 0.3) is 0 Å². The number of carbonyl (C=O) groups is 6. The fourth-order valence-electron chi connectivity index (χ4n) is 9.14. The Balaban J connectivity index is 0.854. The lowest BCUT2D eigenvalue weighted by Crippen LogP contribution is -2.56. The van der Waals surface area contributed by atoms with E-state index < -0.39 is 35.8 Å². The molecule has 0 bridgehead atoms. The molecule has 3 heterocycles. The molecule has 362 valence electrons. The number of rotatable bonds is 22. The summed E-state index contributed by atoms with van der Waals surface area (Å²) in [5.41, 5.74) is 8.83. The van der Waals surface area contributed by atoms with E-state index in [0.29, 0.717) is 74.0 Å². The molecule has 67 heavy (non-hydrogen) atoms. The standard InChI is InChI=1S/C50H70N10O7/c1-35(53-50(67)43(54-36(2)61)33-38-17-19-39(62)20-18-38)47(64)56-42(14-7-9-23-51)49(66)52-24-28-58-31-29-57(30-32-58)25-10-8-11-37-21-26-59(27-22-37)34-46(63)60-44-15-5-3-12-40(44)48(65)55-41-13-4-6-16-45(41)60/h3-6,12-13,15-20,35,37,42-43,62H,7-11,14,21-34,51H2,1-2H3,(H,52,66)(H,53,67)(H,54,61)(H,55,65)(H,56,64)/t35-,42-,43-/m0/s1. The van der Waals surface area contributed by atoms with E-state index in [1.54, 1.807) is 23.1 Å². The number of unbranched alkanes of at least 4 members (excludes halogenated alkanes) is 2. The van der Waals surface area contributed by atoms with Crippen LogP contribution in [0.2, 0.25) is 0 Å². The molecule has 6 rings (SSSR count). The van der Waals surface area contributed by atoms with Gasteiger partial charge in [0.1, 0.15) is 23.9 Å². The molecule has 0 unspecified atom stereocenters. The minimum absolute atomic E-state index is 0.0423. The first kappa shape index (κ1) is 50.5. The van der Waals surface area contributed by atoms with Gasteiger partial charge in [0.2, 0.25) is 29.5 Å². The Bertz CT molecular complexity index is 2140. The Morgan fingerprint density at radius 2 is 1.40 bits per heavy atom. The highest BCUT2D eigenvalue weighted by Crippen LogP contribution is 2.38. The van der Waals surface area contributed by atoms with Crippen molar-refractivity contribution in [2.45, 2.75) is 89.8 Å². The van der Waals surface area contributed by atoms with E-state index in [-0.39, 0.29) is 29.9 Å². The number of piperazine rings is 1. The normalized spacial score (nSPS) is 17.2. The number of amides is 6. The van der Waals surface area contributed by atoms with E-state index in [9.17, 15) is 33.9 Å². The van der Waals surface area contributed by atoms with Gasteiger partial charge in [0.05, 0.1) is 29.2 Å². The molecule has 3 atom stereocenters. The lowest BCUT2D eigenvalue weighted by atomic mass is 9.91. The molecule has 6 amide bonds. The minimum atomic E-state index is -0.977. The number of benzene rings is 3. The number of phenolic OH excluding ortho intramolecular Hbond substituents is 1. The number of hydrogen-bond donors (Lipinski definition) is 7. The van der Waals surface area contributed by atoms with Gasteiger partial charge >= 0.3 is 0 Å². The topological polar surface area (TPSA) is 222 Å². The Labute approximate surface area is 394 Å². The summed E-state index contributed by atoms with van der Waals surface area (Å²) in [6.45, 7) is 11.3. The molecule has 2 fully saturated rings. The summed E-state index contributed by atoms with van der Waals surface area (Å²) in [4.78, 5) is 87.4. The second-order valence-corrected chi connectivity index (χ2v) is 18.1. The van der Waals surface area contributed by atoms with Crippen molar-refractivity contribution in [1.82, 2.24) is 36.0 Å². The molecule has 8 N–H and O–H groups in total. The number of fused-ring (bicyclic) bond motifs is 2. The quantitative estimate of drug-likeness (QED) is 0.0726. The minimum Gasteiger partial charge on any atom is -0.508 e. The summed E-state index contributed by atoms with van der Waals surface area (Å²) in [7, 11) is 0. The maximum atomic E-state index is 13.9. The number of aromatic hydroxyl groups is 1. The van der Waals surface area contributed by atoms with Crippen LogP contribution >= 0.6 is 0 Å². The third kappa shape index (κ3) is 15.1. The molecule has 3 aromatic rings. The lowest BCUT2D eigenvalue weighted by Gasteiger charge is -2.35. The fourth-order valence-corrected chi connectivity index (χ4v) is 9.14. The van der Waals surface area contributed by atoms with Crippen molar-refractivity contribution in [1.29, 1.82) is 0 Å². The van der Waals surface area contributed by atoms with Gasteiger partial charge in [-0.25, -0.2) is 0 Å². The van der Waals surface area contributed by atoms with Crippen LogP contribution in [0.3, 0.4) is 0 Å². The highest BCUT2D eigenvalue weighted by Gasteiger charge is 2.32. The van der Waals surface area contributed by atoms with Crippen molar-refractivity contribution >= 4 is 52.5 Å². The van der Waals surface area contributed by atoms with Gasteiger partial charge in [0.25, 0.3) is 5.91 Å². The molecule has 0 saturated carbocycles. The summed E-state index contributed by atoms with van der Waals surface area (Å²) in [6.07, 6.45) is 7.54. The SMILES string of the molecule is CC(=O)N[C@@H](Cc1ccc(O)cc1)C(=O)N[C@@H](C)C(=O)N[C@@H](CCCCN)C(=O)NCCN1CCN(CCCCC2CCN(CC(=O)N3c4ccccc4NC(=O)c4ccccc43)CC2)CC1. The van der Waals surface area contributed by atoms with Crippen LogP contribution in [-0.4, -0.2) is 145 Å². The first-order chi connectivity index (χ1) is 32.4. The predicted octanol–water partition coefficient (Wildman–Crippen LogP) is 3.10. The molecule has 17 heteroatoms. The molecule has 3 aromatic carbocycles. The predicted molar refractivity (Wildman–Crippen MR) is 259 cm³/mol. The number of piperidine rings is 1. The van der Waals surface area contributed by atoms with Crippen molar-refractivity contribution in [3.8, 4) is 5.75 Å². The van der Waals surface area contributed by atoms with Crippen LogP contribution in [0.5, 0.6) is 5.75 Å². The Hall–Kier alpha value is -5.88. The number of carbonyl (C=O) groups excluding carboxylic acids is 6. The van der Waals surface area contributed by atoms with Gasteiger partial charge in [0, 0.05) is 52.6 Å². The van der Waals surface area contributed by atoms with Crippen LogP contribution in [0.4, 0.5) is 17.1 Å². The molecular formula is C50H70N10O7. The average Bonchev–Trinajstić information content (AvgIpc) is 3.44. The fraction of sp³-hybridized carbons (Fsp3) is 0.520. The smallest absolute Gasteiger partial charge is 0.257 e. The monoisotopic (exact) mass is 923 g/mol. The van der Waals surface area contributed by atoms with Gasteiger partial charge in [-0.15, -0.1) is 0 Å². The summed E-state index contributed by atoms with van der Waals surface area (Å²) in [6, 6.07) is 18.3. The summed E-state index contributed by atoms with van der Waals surface area (Å²) < 4.78 is 0. The molecule has 17 nitrogen and oxygen atoms in total. The maximum Gasteiger partial charge on any atom is 0.257 e. The van der Waals surface area contributed by atoms with E-state index in [1.807, 2.05) is 42.5 Å². The van der Waals surface area contributed by atoms with E-state index in [1.165, 1.54) is 38.8 Å². The summed E-state index contributed by atoms with van der Waals surface area (Å²) in [5, 5.41) is 23.7. The van der Waals surface area contributed by atoms with Crippen LogP contribution in [0.15, 0.2) is 72.8 Å². The van der Waals surface area contributed by atoms with Crippen molar-refractivity contribution in [3.05, 3.63) is 83.9 Å². The molecule has 3 aliphatic rings. The van der Waals surface area contributed by atoms with Gasteiger partial charge < -0.3 is 42.3 Å². The van der Waals surface area contributed by atoms with Crippen molar-refractivity contribution in [2.24, 2.45) is 11.7 Å². The first-order valence-corrected chi connectivity index (χ1v) is 24.0. The van der Waals surface area contributed by atoms with Gasteiger partial charge in [0.15, 0.2) is 0 Å². The molecular weight excluding hydrogens is 853 g/mol. The Kier molecular flexibility index (Phi) is 19.1. The molecule has 0 aromatic heterocycles. The molecule has 2 saturated heterocycles. The largest absolute Gasteiger partial charge is 0.508 e. The zero-order valence-electron chi connectivity index (χ0n) is 39.1. The van der Waals surface area contributed by atoms with Crippen molar-refractivity contribution in [3.63, 3.8) is 0 Å².